The number of carbonyl (C=O) groups is 1. The van der Waals surface area contributed by atoms with Gasteiger partial charge in [0.05, 0.1) is 24.1 Å². The normalized spacial score (nSPS) is 17.6. The van der Waals surface area contributed by atoms with Gasteiger partial charge in [0.2, 0.25) is 0 Å². The molecule has 2 fully saturated rings. The maximum absolute atomic E-state index is 12.6. The number of carbonyl (C=O) groups excluding carboxylic acids is 1. The highest BCUT2D eigenvalue weighted by molar-refractivity contribution is 6.00. The molecule has 0 bridgehead atoms. The molecule has 2 aliphatic heterocycles. The smallest absolute Gasteiger partial charge is 0.337 e. The number of ether oxygens (including phenoxy) is 2. The first kappa shape index (κ1) is 28.9. The number of rotatable bonds is 8. The number of fused-ring (bicyclic) bond motifs is 5. The predicted octanol–water partition coefficient (Wildman–Crippen LogP) is 7.42. The van der Waals surface area contributed by atoms with Crippen molar-refractivity contribution in [1.82, 2.24) is 14.5 Å². The molecule has 7 rings (SSSR count). The first-order chi connectivity index (χ1) is 21.7. The summed E-state index contributed by atoms with van der Waals surface area (Å²) in [6.07, 6.45) is 12.0. The summed E-state index contributed by atoms with van der Waals surface area (Å²) in [5, 5.41) is 1.28. The fourth-order valence-corrected chi connectivity index (χ4v) is 7.67. The SMILES string of the molecule is COC(=O)c1ccc2c(C3CCCCC3)c3n(c2c1)CCN(CCN1CCCCC1)c1cc(OCc2ccccn2)ccc1-3. The van der Waals surface area contributed by atoms with Crippen molar-refractivity contribution in [3.63, 3.8) is 0 Å². The second-order valence-corrected chi connectivity index (χ2v) is 12.7. The average molecular weight is 593 g/mol. The number of methoxy groups -OCH3 is 1. The molecule has 7 heteroatoms. The number of esters is 1. The van der Waals surface area contributed by atoms with Crippen molar-refractivity contribution in [2.45, 2.75) is 70.4 Å². The van der Waals surface area contributed by atoms with E-state index in [-0.39, 0.29) is 5.97 Å². The Balaban J connectivity index is 1.33. The number of nitrogens with zero attached hydrogens (tertiary/aromatic N) is 4. The second kappa shape index (κ2) is 13.0. The molecule has 2 aromatic carbocycles. The van der Waals surface area contributed by atoms with E-state index in [0.717, 1.165) is 43.1 Å². The third-order valence-corrected chi connectivity index (χ3v) is 9.94. The van der Waals surface area contributed by atoms with Crippen molar-refractivity contribution in [2.75, 3.05) is 44.7 Å². The van der Waals surface area contributed by atoms with Crippen molar-refractivity contribution in [3.05, 3.63) is 77.6 Å². The molecule has 1 saturated carbocycles. The molecule has 0 unspecified atom stereocenters. The van der Waals surface area contributed by atoms with Gasteiger partial charge < -0.3 is 23.8 Å². The lowest BCUT2D eigenvalue weighted by molar-refractivity contribution is 0.0601. The molecule has 44 heavy (non-hydrogen) atoms. The van der Waals surface area contributed by atoms with Gasteiger partial charge in [-0.05, 0) is 86.7 Å². The first-order valence-corrected chi connectivity index (χ1v) is 16.6. The average Bonchev–Trinajstić information content (AvgIpc) is 3.32. The van der Waals surface area contributed by atoms with Gasteiger partial charge in [0.1, 0.15) is 12.4 Å². The Morgan fingerprint density at radius 1 is 0.886 bits per heavy atom. The number of hydrogen-bond donors (Lipinski definition) is 0. The lowest BCUT2D eigenvalue weighted by atomic mass is 9.81. The standard InChI is InChI=1S/C37H44N4O3/c1-43-37(42)28-13-15-31-34(24-28)41-23-22-40(21-20-39-18-8-3-9-19-39)33-25-30(44-26-29-12-6-7-17-38-29)14-16-32(33)36(41)35(31)27-10-4-2-5-11-27/h6-7,12-17,24-25,27H,2-5,8-11,18-23,26H2,1H3. The van der Waals surface area contributed by atoms with Crippen LogP contribution in [0.25, 0.3) is 22.2 Å². The monoisotopic (exact) mass is 592 g/mol. The third kappa shape index (κ3) is 5.82. The van der Waals surface area contributed by atoms with Gasteiger partial charge in [0.15, 0.2) is 0 Å². The van der Waals surface area contributed by atoms with E-state index in [1.807, 2.05) is 30.5 Å². The number of aromatic nitrogens is 2. The zero-order chi connectivity index (χ0) is 29.9. The van der Waals surface area contributed by atoms with Crippen LogP contribution in [0.5, 0.6) is 5.75 Å². The van der Waals surface area contributed by atoms with E-state index in [2.05, 4.69) is 49.7 Å². The number of hydrogen-bond acceptors (Lipinski definition) is 6. The molecule has 7 nitrogen and oxygen atoms in total. The fourth-order valence-electron chi connectivity index (χ4n) is 7.67. The van der Waals surface area contributed by atoms with Crippen LogP contribution in [0.1, 0.15) is 78.9 Å². The molecular weight excluding hydrogens is 548 g/mol. The third-order valence-electron chi connectivity index (χ3n) is 9.94. The highest BCUT2D eigenvalue weighted by atomic mass is 16.5. The van der Waals surface area contributed by atoms with Gasteiger partial charge in [0.25, 0.3) is 0 Å². The van der Waals surface area contributed by atoms with E-state index in [0.29, 0.717) is 18.1 Å². The van der Waals surface area contributed by atoms with Crippen LogP contribution in [0.4, 0.5) is 5.69 Å². The maximum Gasteiger partial charge on any atom is 0.337 e. The van der Waals surface area contributed by atoms with Crippen LogP contribution < -0.4 is 9.64 Å². The highest BCUT2D eigenvalue weighted by Gasteiger charge is 2.31. The van der Waals surface area contributed by atoms with Gasteiger partial charge in [-0.3, -0.25) is 4.98 Å². The number of likely N-dealkylation sites (tertiary alicyclic amines) is 1. The lowest BCUT2D eigenvalue weighted by Crippen LogP contribution is -2.38. The van der Waals surface area contributed by atoms with E-state index in [1.165, 1.54) is 99.5 Å². The molecule has 0 radical (unpaired) electrons. The van der Waals surface area contributed by atoms with Gasteiger partial charge in [-0.1, -0.05) is 37.8 Å². The molecule has 2 aromatic heterocycles. The molecule has 0 amide bonds. The fraction of sp³-hybridized carbons (Fsp3) is 0.459. The van der Waals surface area contributed by atoms with Crippen LogP contribution >= 0.6 is 0 Å². The molecule has 0 atom stereocenters. The summed E-state index contributed by atoms with van der Waals surface area (Å²) >= 11 is 0. The van der Waals surface area contributed by atoms with Crippen LogP contribution in [0.2, 0.25) is 0 Å². The Labute approximate surface area is 260 Å². The molecule has 4 aromatic rings. The molecule has 0 N–H and O–H groups in total. The Kier molecular flexibility index (Phi) is 8.56. The summed E-state index contributed by atoms with van der Waals surface area (Å²) < 4.78 is 14.0. The topological polar surface area (TPSA) is 59.8 Å². The van der Waals surface area contributed by atoms with Gasteiger partial charge in [-0.25, -0.2) is 4.79 Å². The highest BCUT2D eigenvalue weighted by Crippen LogP contribution is 2.48. The molecule has 3 aliphatic rings. The van der Waals surface area contributed by atoms with E-state index >= 15 is 0 Å². The number of piperidine rings is 1. The van der Waals surface area contributed by atoms with Gasteiger partial charge >= 0.3 is 5.97 Å². The summed E-state index contributed by atoms with van der Waals surface area (Å²) in [6.45, 7) is 6.64. The zero-order valence-corrected chi connectivity index (χ0v) is 26.0. The number of anilines is 1. The van der Waals surface area contributed by atoms with Crippen LogP contribution in [0.3, 0.4) is 0 Å². The summed E-state index contributed by atoms with van der Waals surface area (Å²) in [4.78, 5) is 22.3. The molecule has 1 saturated heterocycles. The summed E-state index contributed by atoms with van der Waals surface area (Å²) in [6, 6.07) is 18.8. The van der Waals surface area contributed by atoms with E-state index in [1.54, 1.807) is 0 Å². The van der Waals surface area contributed by atoms with E-state index in [9.17, 15) is 4.79 Å². The van der Waals surface area contributed by atoms with Crippen molar-refractivity contribution < 1.29 is 14.3 Å². The summed E-state index contributed by atoms with van der Waals surface area (Å²) in [7, 11) is 1.46. The summed E-state index contributed by atoms with van der Waals surface area (Å²) in [5.74, 6) is 1.10. The molecule has 0 spiro atoms. The minimum atomic E-state index is -0.284. The number of pyridine rings is 1. The van der Waals surface area contributed by atoms with Crippen LogP contribution in [-0.2, 0) is 17.9 Å². The second-order valence-electron chi connectivity index (χ2n) is 12.7. The lowest BCUT2D eigenvalue weighted by Gasteiger charge is -2.31. The largest absolute Gasteiger partial charge is 0.487 e. The Hall–Kier alpha value is -3.84. The molecular formula is C37H44N4O3. The Bertz CT molecular complexity index is 1600. The minimum absolute atomic E-state index is 0.284. The van der Waals surface area contributed by atoms with Gasteiger partial charge in [0, 0.05) is 60.6 Å². The van der Waals surface area contributed by atoms with Crippen LogP contribution in [0, 0.1) is 0 Å². The minimum Gasteiger partial charge on any atom is -0.487 e. The van der Waals surface area contributed by atoms with Gasteiger partial charge in [-0.2, -0.15) is 0 Å². The van der Waals surface area contributed by atoms with Crippen LogP contribution in [0.15, 0.2) is 60.8 Å². The Morgan fingerprint density at radius 2 is 1.73 bits per heavy atom. The van der Waals surface area contributed by atoms with Crippen molar-refractivity contribution in [3.8, 4) is 17.0 Å². The van der Waals surface area contributed by atoms with E-state index < -0.39 is 0 Å². The van der Waals surface area contributed by atoms with Crippen molar-refractivity contribution in [1.29, 1.82) is 0 Å². The quantitative estimate of drug-likeness (QED) is 0.199. The molecule has 4 heterocycles. The number of benzene rings is 2. The summed E-state index contributed by atoms with van der Waals surface area (Å²) in [5.41, 5.74) is 7.96. The van der Waals surface area contributed by atoms with Gasteiger partial charge in [-0.15, -0.1) is 0 Å². The molecule has 1 aliphatic carbocycles. The van der Waals surface area contributed by atoms with Crippen molar-refractivity contribution in [2.24, 2.45) is 0 Å². The molecule has 230 valence electrons. The zero-order valence-electron chi connectivity index (χ0n) is 26.0. The maximum atomic E-state index is 12.6. The van der Waals surface area contributed by atoms with E-state index in [4.69, 9.17) is 9.47 Å². The van der Waals surface area contributed by atoms with Crippen molar-refractivity contribution >= 4 is 22.6 Å². The Morgan fingerprint density at radius 3 is 2.52 bits per heavy atom. The first-order valence-electron chi connectivity index (χ1n) is 16.6. The predicted molar refractivity (Wildman–Crippen MR) is 176 cm³/mol. The van der Waals surface area contributed by atoms with Crippen LogP contribution in [-0.4, -0.2) is 60.3 Å².